The Balaban J connectivity index is 0.000000442. The molecule has 26 heavy (non-hydrogen) atoms. The molecule has 0 unspecified atom stereocenters. The number of pyridine rings is 1. The number of aromatic nitrogens is 1. The van der Waals surface area contributed by atoms with Gasteiger partial charge in [-0.2, -0.15) is 0 Å². The Morgan fingerprint density at radius 2 is 1.04 bits per heavy atom. The maximum atomic E-state index is 4.58. The van der Waals surface area contributed by atoms with Gasteiger partial charge in [0.2, 0.25) is 0 Å². The summed E-state index contributed by atoms with van der Waals surface area (Å²) in [5, 5.41) is 3.53. The van der Waals surface area contributed by atoms with E-state index in [-0.39, 0.29) is 22.5 Å². The first kappa shape index (κ1) is 24.2. The van der Waals surface area contributed by atoms with Gasteiger partial charge in [0.15, 0.2) is 0 Å². The third kappa shape index (κ3) is 8.09. The molecule has 0 saturated heterocycles. The van der Waals surface area contributed by atoms with Crippen molar-refractivity contribution < 1.29 is 5.48 Å². The van der Waals surface area contributed by atoms with Crippen LogP contribution in [0.1, 0.15) is 13.3 Å². The number of hydrogen-bond donors (Lipinski definition) is 0. The summed E-state index contributed by atoms with van der Waals surface area (Å²) in [4.78, 5) is 4.58. The molecule has 0 saturated carbocycles. The lowest BCUT2D eigenvalue weighted by Gasteiger charge is -1.99. The largest absolute Gasteiger partial charge is 0.412 e. The smallest absolute Gasteiger partial charge is 0.0709 e. The van der Waals surface area contributed by atoms with Gasteiger partial charge in [-0.05, 0) is 24.6 Å². The lowest BCUT2D eigenvalue weighted by molar-refractivity contribution is 0.824. The molecule has 4 rings (SSSR count). The second kappa shape index (κ2) is 14.4. The molecule has 0 bridgehead atoms. The maximum absolute atomic E-state index is 4.58. The molecule has 138 valence electrons. The van der Waals surface area contributed by atoms with Gasteiger partial charge in [0, 0.05) is 16.1 Å². The SMILES string of the molecule is Br.CCCBr.O.c1ccc2nc3ccccc3cc2c1.c1ccccc1. The van der Waals surface area contributed by atoms with Gasteiger partial charge in [-0.15, -0.1) is 17.0 Å². The molecule has 1 aromatic heterocycles. The van der Waals surface area contributed by atoms with E-state index < -0.39 is 0 Å². The monoisotopic (exact) mass is 477 g/mol. The fraction of sp³-hybridized carbons (Fsp3) is 0.136. The Morgan fingerprint density at radius 1 is 0.692 bits per heavy atom. The molecule has 0 spiro atoms. The topological polar surface area (TPSA) is 44.4 Å². The highest BCUT2D eigenvalue weighted by Crippen LogP contribution is 2.18. The number of nitrogens with zero attached hydrogens (tertiary/aromatic N) is 1. The molecule has 4 aromatic rings. The zero-order valence-corrected chi connectivity index (χ0v) is 18.1. The highest BCUT2D eigenvalue weighted by molar-refractivity contribution is 9.09. The van der Waals surface area contributed by atoms with E-state index in [9.17, 15) is 0 Å². The van der Waals surface area contributed by atoms with E-state index in [1.54, 1.807) is 0 Å². The van der Waals surface area contributed by atoms with Crippen LogP contribution in [0.3, 0.4) is 0 Å². The first-order valence-electron chi connectivity index (χ1n) is 8.15. The van der Waals surface area contributed by atoms with Crippen LogP contribution in [0.5, 0.6) is 0 Å². The average molecular weight is 479 g/mol. The first-order valence-corrected chi connectivity index (χ1v) is 9.28. The molecule has 0 fully saturated rings. The Hall–Kier alpha value is -1.75. The van der Waals surface area contributed by atoms with Gasteiger partial charge in [0.25, 0.3) is 0 Å². The minimum absolute atomic E-state index is 0. The Kier molecular flexibility index (Phi) is 13.5. The second-order valence-electron chi connectivity index (χ2n) is 5.22. The number of fused-ring (bicyclic) bond motifs is 2. The van der Waals surface area contributed by atoms with E-state index in [1.807, 2.05) is 72.8 Å². The Bertz CT molecular complexity index is 720. The van der Waals surface area contributed by atoms with E-state index in [0.29, 0.717) is 0 Å². The normalized spacial score (nSPS) is 8.85. The van der Waals surface area contributed by atoms with E-state index >= 15 is 0 Å². The third-order valence-electron chi connectivity index (χ3n) is 3.28. The van der Waals surface area contributed by atoms with Crippen molar-refractivity contribution in [3.05, 3.63) is 91.0 Å². The number of para-hydroxylation sites is 2. The molecule has 3 aromatic carbocycles. The van der Waals surface area contributed by atoms with Crippen LogP contribution in [0.15, 0.2) is 91.0 Å². The summed E-state index contributed by atoms with van der Waals surface area (Å²) in [5.74, 6) is 0. The molecular weight excluding hydrogens is 454 g/mol. The third-order valence-corrected chi connectivity index (χ3v) is 4.07. The summed E-state index contributed by atoms with van der Waals surface area (Å²) in [6, 6.07) is 30.6. The van der Waals surface area contributed by atoms with Crippen LogP contribution < -0.4 is 0 Å². The van der Waals surface area contributed by atoms with Crippen LogP contribution in [-0.2, 0) is 0 Å². The molecule has 0 aliphatic rings. The fourth-order valence-electron chi connectivity index (χ4n) is 2.11. The van der Waals surface area contributed by atoms with Crippen molar-refractivity contribution >= 4 is 54.7 Å². The van der Waals surface area contributed by atoms with Crippen LogP contribution in [0, 0.1) is 0 Å². The summed E-state index contributed by atoms with van der Waals surface area (Å²) in [6.45, 7) is 2.13. The standard InChI is InChI=1S/C13H9N.C6H6.C3H7Br.BrH.H2O/c1-3-7-12-10(5-1)9-11-6-2-4-8-13(11)14-12;1-2-4-6-5-3-1;1-2-3-4;;/h1-9H;1-6H;2-3H2,1H3;1H;1H2. The average Bonchev–Trinajstić information content (AvgIpc) is 2.68. The molecule has 0 radical (unpaired) electrons. The maximum Gasteiger partial charge on any atom is 0.0709 e. The molecule has 2 N–H and O–H groups in total. The minimum atomic E-state index is 0. The predicted molar refractivity (Wildman–Crippen MR) is 124 cm³/mol. The summed E-state index contributed by atoms with van der Waals surface area (Å²) in [7, 11) is 0. The van der Waals surface area contributed by atoms with Crippen molar-refractivity contribution in [1.29, 1.82) is 0 Å². The van der Waals surface area contributed by atoms with Crippen LogP contribution in [-0.4, -0.2) is 15.8 Å². The molecule has 0 amide bonds. The van der Waals surface area contributed by atoms with Crippen LogP contribution in [0.4, 0.5) is 0 Å². The first-order chi connectivity index (χ1) is 11.8. The van der Waals surface area contributed by atoms with Gasteiger partial charge in [-0.1, -0.05) is 95.7 Å². The molecule has 0 atom stereocenters. The molecule has 4 heteroatoms. The number of hydrogen-bond acceptors (Lipinski definition) is 1. The van der Waals surface area contributed by atoms with Gasteiger partial charge in [-0.25, -0.2) is 4.98 Å². The van der Waals surface area contributed by atoms with Crippen molar-refractivity contribution in [3.8, 4) is 0 Å². The molecular formula is C22H25Br2NO. The number of rotatable bonds is 1. The summed E-state index contributed by atoms with van der Waals surface area (Å²) in [5.41, 5.74) is 2.12. The number of alkyl halides is 1. The van der Waals surface area contributed by atoms with Crippen molar-refractivity contribution in [3.63, 3.8) is 0 Å². The van der Waals surface area contributed by atoms with E-state index in [1.165, 1.54) is 17.2 Å². The summed E-state index contributed by atoms with van der Waals surface area (Å²) >= 11 is 3.25. The number of benzene rings is 3. The van der Waals surface area contributed by atoms with Crippen molar-refractivity contribution in [2.75, 3.05) is 5.33 Å². The Morgan fingerprint density at radius 3 is 1.38 bits per heavy atom. The van der Waals surface area contributed by atoms with Crippen molar-refractivity contribution in [1.82, 2.24) is 4.98 Å². The molecule has 0 aliphatic carbocycles. The van der Waals surface area contributed by atoms with Crippen LogP contribution in [0.2, 0.25) is 0 Å². The van der Waals surface area contributed by atoms with Crippen LogP contribution in [0.25, 0.3) is 21.8 Å². The van der Waals surface area contributed by atoms with Gasteiger partial charge in [-0.3, -0.25) is 0 Å². The minimum Gasteiger partial charge on any atom is -0.412 e. The Labute approximate surface area is 174 Å². The zero-order chi connectivity index (χ0) is 17.0. The molecule has 2 nitrogen and oxygen atoms in total. The van der Waals surface area contributed by atoms with Crippen molar-refractivity contribution in [2.45, 2.75) is 13.3 Å². The second-order valence-corrected chi connectivity index (χ2v) is 6.01. The quantitative estimate of drug-likeness (QED) is 0.224. The van der Waals surface area contributed by atoms with Crippen LogP contribution >= 0.6 is 32.9 Å². The van der Waals surface area contributed by atoms with E-state index in [2.05, 4.69) is 46.0 Å². The molecule has 1 heterocycles. The van der Waals surface area contributed by atoms with Gasteiger partial charge in [0.1, 0.15) is 0 Å². The van der Waals surface area contributed by atoms with Gasteiger partial charge in [0.05, 0.1) is 11.0 Å². The molecule has 0 aliphatic heterocycles. The lowest BCUT2D eigenvalue weighted by Crippen LogP contribution is -1.80. The lowest BCUT2D eigenvalue weighted by atomic mass is 10.1. The zero-order valence-electron chi connectivity index (χ0n) is 14.8. The van der Waals surface area contributed by atoms with Gasteiger partial charge >= 0.3 is 0 Å². The fourth-order valence-corrected chi connectivity index (χ4v) is 2.11. The van der Waals surface area contributed by atoms with Crippen molar-refractivity contribution in [2.24, 2.45) is 0 Å². The highest BCUT2D eigenvalue weighted by Gasteiger charge is 1.96. The van der Waals surface area contributed by atoms with E-state index in [4.69, 9.17) is 0 Å². The highest BCUT2D eigenvalue weighted by atomic mass is 79.9. The predicted octanol–water partition coefficient (Wildman–Crippen LogP) is 6.62. The summed E-state index contributed by atoms with van der Waals surface area (Å²) < 4.78 is 0. The van der Waals surface area contributed by atoms with E-state index in [0.717, 1.165) is 16.4 Å². The summed E-state index contributed by atoms with van der Waals surface area (Å²) in [6.07, 6.45) is 1.24. The van der Waals surface area contributed by atoms with Gasteiger partial charge < -0.3 is 5.48 Å². The number of halogens is 2.